The van der Waals surface area contributed by atoms with E-state index in [1.807, 2.05) is 0 Å². The maximum absolute atomic E-state index is 13.1. The summed E-state index contributed by atoms with van der Waals surface area (Å²) in [5, 5.41) is 27.6. The zero-order chi connectivity index (χ0) is 29.8. The molecule has 0 bridgehead atoms. The third-order valence-corrected chi connectivity index (χ3v) is 9.44. The van der Waals surface area contributed by atoms with Crippen LogP contribution in [0.25, 0.3) is 0 Å². The highest BCUT2D eigenvalue weighted by atomic mass is 16.4. The van der Waals surface area contributed by atoms with Crippen molar-refractivity contribution in [1.82, 2.24) is 20.9 Å². The minimum Gasteiger partial charge on any atom is -0.481 e. The molecule has 3 fully saturated rings. The number of carbonyl (C=O) groups excluding carboxylic acids is 3. The van der Waals surface area contributed by atoms with E-state index in [-0.39, 0.29) is 18.4 Å². The molecule has 0 aromatic carbocycles. The van der Waals surface area contributed by atoms with Gasteiger partial charge in [-0.1, -0.05) is 38.5 Å². The van der Waals surface area contributed by atoms with Gasteiger partial charge in [0.2, 0.25) is 17.7 Å². The molecule has 3 rings (SSSR count). The second kappa shape index (κ2) is 16.7. The van der Waals surface area contributed by atoms with Crippen molar-refractivity contribution in [2.75, 3.05) is 26.2 Å². The fourth-order valence-corrected chi connectivity index (χ4v) is 7.20. The Morgan fingerprint density at radius 3 is 2.29 bits per heavy atom. The van der Waals surface area contributed by atoms with Crippen molar-refractivity contribution in [3.05, 3.63) is 0 Å². The molecule has 11 heteroatoms. The van der Waals surface area contributed by atoms with Crippen LogP contribution in [-0.4, -0.2) is 83.0 Å². The molecule has 0 aromatic rings. The first-order valence-electron chi connectivity index (χ1n) is 15.7. The second-order valence-electron chi connectivity index (χ2n) is 12.2. The number of piperidine rings is 1. The highest BCUT2D eigenvalue weighted by Crippen LogP contribution is 2.45. The van der Waals surface area contributed by atoms with Crippen LogP contribution >= 0.6 is 0 Å². The minimum absolute atomic E-state index is 0.157. The van der Waals surface area contributed by atoms with Crippen LogP contribution in [0.2, 0.25) is 0 Å². The average molecular weight is 579 g/mol. The Balaban J connectivity index is 1.53. The Morgan fingerprint density at radius 1 is 0.902 bits per heavy atom. The zero-order valence-electron chi connectivity index (χ0n) is 24.6. The molecule has 2 aliphatic carbocycles. The van der Waals surface area contributed by atoms with Gasteiger partial charge in [0.15, 0.2) is 0 Å². The number of nitrogens with zero attached hydrogens (tertiary/aromatic N) is 1. The van der Waals surface area contributed by atoms with Crippen molar-refractivity contribution in [3.63, 3.8) is 0 Å². The normalized spacial score (nSPS) is 24.4. The largest absolute Gasteiger partial charge is 0.481 e. The molecule has 5 atom stereocenters. The lowest BCUT2D eigenvalue weighted by Gasteiger charge is -2.42. The van der Waals surface area contributed by atoms with Crippen molar-refractivity contribution in [2.45, 2.75) is 109 Å². The molecule has 3 amide bonds. The number of carboxylic acids is 2. The molecule has 1 saturated heterocycles. The Hall–Kier alpha value is -2.69. The van der Waals surface area contributed by atoms with Gasteiger partial charge >= 0.3 is 11.9 Å². The summed E-state index contributed by atoms with van der Waals surface area (Å²) in [6.45, 7) is 3.78. The highest BCUT2D eigenvalue weighted by molar-refractivity contribution is 5.94. The fourth-order valence-electron chi connectivity index (χ4n) is 7.20. The first-order valence-corrected chi connectivity index (χ1v) is 15.7. The summed E-state index contributed by atoms with van der Waals surface area (Å²) in [5.74, 6) is -2.22. The van der Waals surface area contributed by atoms with Crippen LogP contribution < -0.4 is 16.0 Å². The second-order valence-corrected chi connectivity index (χ2v) is 12.2. The first-order chi connectivity index (χ1) is 19.7. The van der Waals surface area contributed by atoms with Gasteiger partial charge in [0.1, 0.15) is 12.1 Å². The average Bonchev–Trinajstić information content (AvgIpc) is 2.95. The molecule has 2 saturated carbocycles. The number of aliphatic carboxylic acids is 2. The zero-order valence-corrected chi connectivity index (χ0v) is 24.6. The molecular formula is C30H50N4O7. The van der Waals surface area contributed by atoms with Gasteiger partial charge in [-0.15, -0.1) is 0 Å². The van der Waals surface area contributed by atoms with Gasteiger partial charge in [-0.25, -0.2) is 4.79 Å². The minimum atomic E-state index is -1.44. The van der Waals surface area contributed by atoms with Gasteiger partial charge in [-0.05, 0) is 82.2 Å². The van der Waals surface area contributed by atoms with Crippen LogP contribution in [0.1, 0.15) is 96.8 Å². The van der Waals surface area contributed by atoms with Gasteiger partial charge in [-0.2, -0.15) is 0 Å². The van der Waals surface area contributed by atoms with Gasteiger partial charge in [-0.3, -0.25) is 19.2 Å². The number of carboxylic acid groups (broad SMARTS) is 2. The smallest absolute Gasteiger partial charge is 0.326 e. The summed E-state index contributed by atoms with van der Waals surface area (Å²) in [6, 6.07) is -2.60. The maximum Gasteiger partial charge on any atom is 0.326 e. The number of hydrogen-bond acceptors (Lipinski definition) is 6. The molecule has 0 aromatic heterocycles. The van der Waals surface area contributed by atoms with Crippen LogP contribution in [0.5, 0.6) is 0 Å². The van der Waals surface area contributed by atoms with Crippen molar-refractivity contribution >= 4 is 29.7 Å². The van der Waals surface area contributed by atoms with E-state index >= 15 is 0 Å². The van der Waals surface area contributed by atoms with E-state index in [1.54, 1.807) is 6.92 Å². The van der Waals surface area contributed by atoms with E-state index in [0.29, 0.717) is 37.1 Å². The summed E-state index contributed by atoms with van der Waals surface area (Å²) in [5.41, 5.74) is 0. The molecule has 232 valence electrons. The maximum atomic E-state index is 13.1. The molecule has 1 heterocycles. The lowest BCUT2D eigenvalue weighted by Crippen LogP contribution is -2.54. The van der Waals surface area contributed by atoms with Crippen LogP contribution in [-0.2, 0) is 24.0 Å². The van der Waals surface area contributed by atoms with E-state index in [9.17, 15) is 34.2 Å². The number of carbonyl (C=O) groups is 5. The number of hydrogen-bond donors (Lipinski definition) is 5. The topological polar surface area (TPSA) is 165 Å². The SMILES string of the molecule is CCN(CC(=O)NC(CC(=O)O)C(=O)NC(CC1CCCC2CCCCC21)C(=O)O)C(=O)CCCC1CCNCC1. The lowest BCUT2D eigenvalue weighted by molar-refractivity contribution is -0.144. The number of rotatable bonds is 15. The monoisotopic (exact) mass is 578 g/mol. The van der Waals surface area contributed by atoms with E-state index in [2.05, 4.69) is 16.0 Å². The van der Waals surface area contributed by atoms with Gasteiger partial charge in [0.25, 0.3) is 0 Å². The van der Waals surface area contributed by atoms with Crippen LogP contribution in [0.3, 0.4) is 0 Å². The molecule has 5 N–H and O–H groups in total. The molecule has 3 aliphatic rings. The standard InChI is InChI=1S/C30H50N4O7/c1-2-34(27(36)12-5-7-20-13-15-31-16-14-20)19-26(35)32-24(18-28(37)38)29(39)33-25(30(40)41)17-22-10-6-9-21-8-3-4-11-23(21)22/h20-25,31H,2-19H2,1H3,(H,32,35)(H,33,39)(H,37,38)(H,40,41). The van der Waals surface area contributed by atoms with Gasteiger partial charge in [0.05, 0.1) is 13.0 Å². The van der Waals surface area contributed by atoms with Crippen LogP contribution in [0.4, 0.5) is 0 Å². The number of fused-ring (bicyclic) bond motifs is 1. The molecule has 11 nitrogen and oxygen atoms in total. The summed E-state index contributed by atoms with van der Waals surface area (Å²) in [4.78, 5) is 63.7. The Bertz CT molecular complexity index is 905. The Morgan fingerprint density at radius 2 is 1.61 bits per heavy atom. The summed E-state index contributed by atoms with van der Waals surface area (Å²) < 4.78 is 0. The molecule has 0 spiro atoms. The summed E-state index contributed by atoms with van der Waals surface area (Å²) >= 11 is 0. The Labute approximate surface area is 243 Å². The molecular weight excluding hydrogens is 528 g/mol. The quantitative estimate of drug-likeness (QED) is 0.198. The van der Waals surface area contributed by atoms with Crippen LogP contribution in [0.15, 0.2) is 0 Å². The van der Waals surface area contributed by atoms with Crippen molar-refractivity contribution in [3.8, 4) is 0 Å². The number of amides is 3. The highest BCUT2D eigenvalue weighted by Gasteiger charge is 2.38. The van der Waals surface area contributed by atoms with Crippen molar-refractivity contribution in [1.29, 1.82) is 0 Å². The fraction of sp³-hybridized carbons (Fsp3) is 0.833. The lowest BCUT2D eigenvalue weighted by atomic mass is 9.64. The predicted octanol–water partition coefficient (Wildman–Crippen LogP) is 2.53. The van der Waals surface area contributed by atoms with E-state index in [1.165, 1.54) is 24.2 Å². The van der Waals surface area contributed by atoms with Gasteiger partial charge < -0.3 is 31.1 Å². The van der Waals surface area contributed by atoms with Gasteiger partial charge in [0, 0.05) is 13.0 Å². The summed E-state index contributed by atoms with van der Waals surface area (Å²) in [6.07, 6.45) is 11.6. The van der Waals surface area contributed by atoms with E-state index in [0.717, 1.165) is 64.5 Å². The molecule has 1 aliphatic heterocycles. The number of likely N-dealkylation sites (N-methyl/N-ethyl adjacent to an activating group) is 1. The molecule has 5 unspecified atom stereocenters. The third-order valence-electron chi connectivity index (χ3n) is 9.44. The van der Waals surface area contributed by atoms with E-state index < -0.39 is 42.3 Å². The molecule has 41 heavy (non-hydrogen) atoms. The Kier molecular flexibility index (Phi) is 13.3. The van der Waals surface area contributed by atoms with Crippen molar-refractivity contribution in [2.24, 2.45) is 23.7 Å². The van der Waals surface area contributed by atoms with E-state index in [4.69, 9.17) is 0 Å². The first kappa shape index (κ1) is 32.8. The number of nitrogens with one attached hydrogen (secondary N) is 3. The van der Waals surface area contributed by atoms with Crippen LogP contribution in [0, 0.1) is 23.7 Å². The van der Waals surface area contributed by atoms with Crippen molar-refractivity contribution < 1.29 is 34.2 Å². The predicted molar refractivity (Wildman–Crippen MR) is 153 cm³/mol. The molecule has 0 radical (unpaired) electrons. The summed E-state index contributed by atoms with van der Waals surface area (Å²) in [7, 11) is 0. The third kappa shape index (κ3) is 10.6.